The Kier molecular flexibility index (Phi) is 6.03. The highest BCUT2D eigenvalue weighted by molar-refractivity contribution is 7.09. The Morgan fingerprint density at radius 3 is 2.59 bits per heavy atom. The molecule has 5 amide bonds. The molecular formula is C19H17N3O6S. The van der Waals surface area contributed by atoms with Gasteiger partial charge in [0.05, 0.1) is 16.7 Å². The molecule has 2 heterocycles. The van der Waals surface area contributed by atoms with Crippen molar-refractivity contribution in [3.63, 3.8) is 0 Å². The number of esters is 1. The summed E-state index contributed by atoms with van der Waals surface area (Å²) in [5.41, 5.74) is 0.320. The van der Waals surface area contributed by atoms with Gasteiger partial charge in [-0.1, -0.05) is 6.07 Å². The number of rotatable bonds is 6. The maximum atomic E-state index is 12.1. The minimum Gasteiger partial charge on any atom is -0.452 e. The fourth-order valence-electron chi connectivity index (χ4n) is 2.66. The van der Waals surface area contributed by atoms with E-state index in [0.29, 0.717) is 13.0 Å². The highest BCUT2D eigenvalue weighted by atomic mass is 32.1. The number of fused-ring (bicyclic) bond motifs is 1. The molecule has 0 aliphatic carbocycles. The normalized spacial score (nSPS) is 12.5. The number of benzene rings is 1. The topological polar surface area (TPSA) is 122 Å². The van der Waals surface area contributed by atoms with E-state index in [1.807, 2.05) is 17.5 Å². The Bertz CT molecular complexity index is 986. The fourth-order valence-corrected chi connectivity index (χ4v) is 3.37. The van der Waals surface area contributed by atoms with Gasteiger partial charge in [-0.05, 0) is 36.1 Å². The van der Waals surface area contributed by atoms with E-state index in [9.17, 15) is 24.0 Å². The zero-order chi connectivity index (χ0) is 21.0. The van der Waals surface area contributed by atoms with Gasteiger partial charge in [-0.25, -0.2) is 9.59 Å². The largest absolute Gasteiger partial charge is 0.452 e. The second kappa shape index (κ2) is 8.65. The molecule has 0 spiro atoms. The Morgan fingerprint density at radius 2 is 1.86 bits per heavy atom. The first-order chi connectivity index (χ1) is 13.9. The van der Waals surface area contributed by atoms with Gasteiger partial charge in [-0.15, -0.1) is 11.3 Å². The number of hydrogen-bond donors (Lipinski definition) is 2. The number of urea groups is 1. The summed E-state index contributed by atoms with van der Waals surface area (Å²) in [7, 11) is 1.35. The van der Waals surface area contributed by atoms with E-state index in [0.717, 1.165) is 9.78 Å². The summed E-state index contributed by atoms with van der Waals surface area (Å²) in [6, 6.07) is 7.10. The van der Waals surface area contributed by atoms with Crippen molar-refractivity contribution in [1.82, 2.24) is 15.5 Å². The van der Waals surface area contributed by atoms with Crippen LogP contribution >= 0.6 is 11.3 Å². The predicted molar refractivity (Wildman–Crippen MR) is 103 cm³/mol. The molecule has 2 aromatic rings. The van der Waals surface area contributed by atoms with Crippen molar-refractivity contribution in [3.05, 3.63) is 57.3 Å². The summed E-state index contributed by atoms with van der Waals surface area (Å²) < 4.78 is 4.86. The Hall–Kier alpha value is -3.53. The molecule has 2 N–H and O–H groups in total. The number of thiophene rings is 1. The van der Waals surface area contributed by atoms with Crippen molar-refractivity contribution < 1.29 is 28.7 Å². The van der Waals surface area contributed by atoms with E-state index < -0.39 is 36.3 Å². The van der Waals surface area contributed by atoms with Crippen molar-refractivity contribution in [1.29, 1.82) is 0 Å². The third kappa shape index (κ3) is 4.66. The van der Waals surface area contributed by atoms with Crippen LogP contribution in [-0.2, 0) is 16.0 Å². The van der Waals surface area contributed by atoms with Crippen LogP contribution in [-0.4, -0.2) is 54.8 Å². The molecule has 9 nitrogen and oxygen atoms in total. The summed E-state index contributed by atoms with van der Waals surface area (Å²) >= 11 is 1.57. The molecule has 0 saturated carbocycles. The lowest BCUT2D eigenvalue weighted by Gasteiger charge is -2.07. The first kappa shape index (κ1) is 20.2. The fraction of sp³-hybridized carbons (Fsp3) is 0.211. The third-order valence-corrected chi connectivity index (χ3v) is 5.09. The van der Waals surface area contributed by atoms with Crippen LogP contribution in [0.3, 0.4) is 0 Å². The van der Waals surface area contributed by atoms with Crippen LogP contribution < -0.4 is 10.6 Å². The number of hydrogen-bond acceptors (Lipinski definition) is 7. The number of nitrogens with one attached hydrogen (secondary N) is 2. The van der Waals surface area contributed by atoms with Gasteiger partial charge in [0.1, 0.15) is 0 Å². The van der Waals surface area contributed by atoms with E-state index in [1.165, 1.54) is 25.2 Å². The number of ether oxygens (including phenoxy) is 1. The van der Waals surface area contributed by atoms with Gasteiger partial charge in [-0.3, -0.25) is 24.6 Å². The van der Waals surface area contributed by atoms with Crippen LogP contribution in [0.25, 0.3) is 0 Å². The molecule has 150 valence electrons. The lowest BCUT2D eigenvalue weighted by Crippen LogP contribution is -2.42. The molecule has 3 rings (SSSR count). The third-order valence-electron chi connectivity index (χ3n) is 4.15. The Balaban J connectivity index is 1.45. The van der Waals surface area contributed by atoms with Crippen molar-refractivity contribution in [2.24, 2.45) is 0 Å². The standard InChI is InChI=1S/C19H17N3O6S/c1-22-16(24)13-5-4-11(9-14(13)17(22)25)18(26)28-10-15(23)21-19(27)20-7-6-12-3-2-8-29-12/h2-5,8-9H,6-7,10H2,1H3,(H2,20,21,23,27). The molecule has 0 unspecified atom stereocenters. The smallest absolute Gasteiger partial charge is 0.338 e. The zero-order valence-corrected chi connectivity index (χ0v) is 16.2. The number of nitrogens with zero attached hydrogens (tertiary/aromatic N) is 1. The van der Waals surface area contributed by atoms with Crippen molar-refractivity contribution in [2.45, 2.75) is 6.42 Å². The van der Waals surface area contributed by atoms with Gasteiger partial charge >= 0.3 is 12.0 Å². The molecule has 10 heteroatoms. The van der Waals surface area contributed by atoms with Gasteiger partial charge < -0.3 is 10.1 Å². The average molecular weight is 415 g/mol. The molecule has 1 aliphatic heterocycles. The minimum atomic E-state index is -0.851. The molecule has 1 aromatic heterocycles. The molecule has 0 fully saturated rings. The molecule has 1 aromatic carbocycles. The maximum Gasteiger partial charge on any atom is 0.338 e. The monoisotopic (exact) mass is 415 g/mol. The van der Waals surface area contributed by atoms with E-state index in [1.54, 1.807) is 11.3 Å². The zero-order valence-electron chi connectivity index (χ0n) is 15.4. The molecular weight excluding hydrogens is 398 g/mol. The highest BCUT2D eigenvalue weighted by Gasteiger charge is 2.33. The number of imide groups is 2. The Labute approximate surface area is 169 Å². The summed E-state index contributed by atoms with van der Waals surface area (Å²) in [6.45, 7) is -0.309. The van der Waals surface area contributed by atoms with Crippen molar-refractivity contribution in [3.8, 4) is 0 Å². The van der Waals surface area contributed by atoms with Gasteiger partial charge in [-0.2, -0.15) is 0 Å². The summed E-state index contributed by atoms with van der Waals surface area (Å²) in [6.07, 6.45) is 0.642. The average Bonchev–Trinajstić information content (AvgIpc) is 3.29. The summed E-state index contributed by atoms with van der Waals surface area (Å²) in [5.74, 6) is -2.61. The van der Waals surface area contributed by atoms with E-state index in [-0.39, 0.29) is 16.7 Å². The van der Waals surface area contributed by atoms with E-state index >= 15 is 0 Å². The van der Waals surface area contributed by atoms with Crippen LogP contribution in [0, 0.1) is 0 Å². The summed E-state index contributed by atoms with van der Waals surface area (Å²) in [4.78, 5) is 61.4. The first-order valence-corrected chi connectivity index (χ1v) is 9.48. The van der Waals surface area contributed by atoms with Crippen molar-refractivity contribution >= 4 is 41.1 Å². The highest BCUT2D eigenvalue weighted by Crippen LogP contribution is 2.23. The SMILES string of the molecule is CN1C(=O)c2ccc(C(=O)OCC(=O)NC(=O)NCCc3cccs3)cc2C1=O. The van der Waals surface area contributed by atoms with Crippen LogP contribution in [0.4, 0.5) is 4.79 Å². The quantitative estimate of drug-likeness (QED) is 0.540. The lowest BCUT2D eigenvalue weighted by atomic mass is 10.1. The van der Waals surface area contributed by atoms with Crippen LogP contribution in [0.1, 0.15) is 36.0 Å². The molecule has 0 radical (unpaired) electrons. The van der Waals surface area contributed by atoms with Crippen LogP contribution in [0.5, 0.6) is 0 Å². The van der Waals surface area contributed by atoms with Crippen LogP contribution in [0.2, 0.25) is 0 Å². The molecule has 0 atom stereocenters. The van der Waals surface area contributed by atoms with Gasteiger partial charge in [0, 0.05) is 18.5 Å². The predicted octanol–water partition coefficient (Wildman–Crippen LogP) is 1.20. The molecule has 1 aliphatic rings. The molecule has 0 saturated heterocycles. The second-order valence-electron chi connectivity index (χ2n) is 6.14. The van der Waals surface area contributed by atoms with Crippen LogP contribution in [0.15, 0.2) is 35.7 Å². The maximum absolute atomic E-state index is 12.1. The van der Waals surface area contributed by atoms with Gasteiger partial charge in [0.2, 0.25) is 0 Å². The Morgan fingerprint density at radius 1 is 1.10 bits per heavy atom. The van der Waals surface area contributed by atoms with Gasteiger partial charge in [0.15, 0.2) is 6.61 Å². The van der Waals surface area contributed by atoms with E-state index in [2.05, 4.69) is 10.6 Å². The number of carbonyl (C=O) groups is 5. The molecule has 29 heavy (non-hydrogen) atoms. The lowest BCUT2D eigenvalue weighted by molar-refractivity contribution is -0.123. The minimum absolute atomic E-state index is 0.0217. The van der Waals surface area contributed by atoms with E-state index in [4.69, 9.17) is 4.74 Å². The summed E-state index contributed by atoms with van der Waals surface area (Å²) in [5, 5.41) is 6.52. The second-order valence-corrected chi connectivity index (χ2v) is 7.17. The molecule has 0 bridgehead atoms. The van der Waals surface area contributed by atoms with Crippen molar-refractivity contribution in [2.75, 3.05) is 20.2 Å². The number of carbonyl (C=O) groups excluding carboxylic acids is 5. The van der Waals surface area contributed by atoms with Gasteiger partial charge in [0.25, 0.3) is 17.7 Å². The number of amides is 5. The first-order valence-electron chi connectivity index (χ1n) is 8.60.